The summed E-state index contributed by atoms with van der Waals surface area (Å²) in [5.74, 6) is 0. The molecule has 300 valence electrons. The topological polar surface area (TPSA) is 23.0 Å². The summed E-state index contributed by atoms with van der Waals surface area (Å²) in [7, 11) is -2.67. The van der Waals surface area contributed by atoms with E-state index in [1.807, 2.05) is 6.07 Å². The van der Waals surface area contributed by atoms with Gasteiger partial charge in [0, 0.05) is 49.3 Å². The van der Waals surface area contributed by atoms with E-state index in [2.05, 4.69) is 246 Å². The van der Waals surface area contributed by atoms with Crippen molar-refractivity contribution in [3.05, 3.63) is 243 Å². The van der Waals surface area contributed by atoms with Crippen molar-refractivity contribution in [1.82, 2.24) is 9.13 Å². The fourth-order valence-electron chi connectivity index (χ4n) is 10.8. The Morgan fingerprint density at radius 1 is 0.297 bits per heavy atom. The van der Waals surface area contributed by atoms with Crippen LogP contribution >= 0.6 is 0 Å². The van der Waals surface area contributed by atoms with Crippen molar-refractivity contribution in [3.63, 3.8) is 0 Å². The first-order valence-electron chi connectivity index (χ1n) is 22.0. The van der Waals surface area contributed by atoms with Crippen molar-refractivity contribution in [2.45, 2.75) is 0 Å². The Labute approximate surface area is 371 Å². The van der Waals surface area contributed by atoms with E-state index < -0.39 is 8.07 Å². The summed E-state index contributed by atoms with van der Waals surface area (Å²) in [6.45, 7) is 0. The average Bonchev–Trinajstić information content (AvgIpc) is 4.03. The highest BCUT2D eigenvalue weighted by Crippen LogP contribution is 2.43. The second-order valence-corrected chi connectivity index (χ2v) is 20.6. The molecule has 0 fully saturated rings. The van der Waals surface area contributed by atoms with Gasteiger partial charge in [0.25, 0.3) is 0 Å². The molecule has 0 bridgehead atoms. The molecule has 0 atom stereocenters. The first-order chi connectivity index (χ1) is 31.8. The molecule has 0 saturated carbocycles. The minimum absolute atomic E-state index is 0.897. The molecule has 0 aliphatic rings. The summed E-state index contributed by atoms with van der Waals surface area (Å²) in [6.07, 6.45) is 0. The van der Waals surface area contributed by atoms with Gasteiger partial charge in [0.2, 0.25) is 0 Å². The summed E-state index contributed by atoms with van der Waals surface area (Å²) in [4.78, 5) is 0. The fourth-order valence-corrected chi connectivity index (χ4v) is 15.6. The predicted octanol–water partition coefficient (Wildman–Crippen LogP) is 12.8. The van der Waals surface area contributed by atoms with Gasteiger partial charge < -0.3 is 13.6 Å². The molecule has 0 aliphatic carbocycles. The zero-order chi connectivity index (χ0) is 42.2. The van der Waals surface area contributed by atoms with Crippen LogP contribution in [0, 0.1) is 0 Å². The van der Waals surface area contributed by atoms with Gasteiger partial charge in [0.1, 0.15) is 11.2 Å². The van der Waals surface area contributed by atoms with E-state index in [0.29, 0.717) is 0 Å². The molecule has 3 aromatic heterocycles. The lowest BCUT2D eigenvalue weighted by atomic mass is 9.97. The smallest absolute Gasteiger partial charge is 0.179 e. The van der Waals surface area contributed by atoms with Crippen molar-refractivity contribution in [2.75, 3.05) is 0 Å². The molecule has 0 N–H and O–H groups in total. The SMILES string of the molecule is c1ccc([Si](c2ccccc2)(c2ccccc2)c2ccc(-n3c4ccccc4c4cc(-n5c6ccccc6c6cccc(-c7cccc8oc9ccccc9c78)c65)ccc43)cc2)cc1. The van der Waals surface area contributed by atoms with E-state index in [1.165, 1.54) is 69.9 Å². The highest BCUT2D eigenvalue weighted by atomic mass is 28.3. The van der Waals surface area contributed by atoms with Crippen LogP contribution < -0.4 is 20.7 Å². The Bertz CT molecular complexity index is 3790. The van der Waals surface area contributed by atoms with E-state index >= 15 is 0 Å². The number of furan rings is 1. The van der Waals surface area contributed by atoms with Gasteiger partial charge in [-0.1, -0.05) is 188 Å². The van der Waals surface area contributed by atoms with Crippen molar-refractivity contribution in [2.24, 2.45) is 0 Å². The summed E-state index contributed by atoms with van der Waals surface area (Å²) in [5, 5.41) is 12.6. The maximum absolute atomic E-state index is 6.40. The molecule has 0 aliphatic heterocycles. The van der Waals surface area contributed by atoms with Gasteiger partial charge in [-0.3, -0.25) is 0 Å². The minimum Gasteiger partial charge on any atom is -0.456 e. The first kappa shape index (κ1) is 36.5. The summed E-state index contributed by atoms with van der Waals surface area (Å²) < 4.78 is 11.3. The zero-order valence-electron chi connectivity index (χ0n) is 34.9. The standard InChI is InChI=1S/C60H40N2OSi/c1-4-18-43(19-5-1)64(44-20-6-2-7-21-44,45-22-8-3-9-23-45)46-37-34-41(35-38-46)61-54-30-13-11-25-48(54)53-40-42(36-39-56(53)61)62-55-31-14-10-24-47(55)50-28-16-29-51(60(50)62)49-27-17-33-58-59(49)52-26-12-15-32-57(52)63-58/h1-40H. The highest BCUT2D eigenvalue weighted by molar-refractivity contribution is 7.19. The number of hydrogen-bond acceptors (Lipinski definition) is 1. The van der Waals surface area contributed by atoms with E-state index in [0.717, 1.165) is 38.9 Å². The number of benzene rings is 10. The Hall–Kier alpha value is -8.18. The van der Waals surface area contributed by atoms with E-state index in [1.54, 1.807) is 0 Å². The molecule has 0 unspecified atom stereocenters. The second-order valence-electron chi connectivity index (χ2n) is 16.8. The van der Waals surface area contributed by atoms with Crippen LogP contribution in [0.4, 0.5) is 0 Å². The molecule has 10 aromatic carbocycles. The quantitative estimate of drug-likeness (QED) is 0.116. The Morgan fingerprint density at radius 2 is 0.766 bits per heavy atom. The van der Waals surface area contributed by atoms with Crippen LogP contribution in [0.2, 0.25) is 0 Å². The summed E-state index contributed by atoms with van der Waals surface area (Å²) >= 11 is 0. The molecule has 3 heterocycles. The van der Waals surface area contributed by atoms with Crippen LogP contribution in [0.25, 0.3) is 88.1 Å². The lowest BCUT2D eigenvalue weighted by molar-refractivity contribution is 0.669. The van der Waals surface area contributed by atoms with Gasteiger partial charge in [-0.25, -0.2) is 0 Å². The van der Waals surface area contributed by atoms with Crippen LogP contribution in [0.3, 0.4) is 0 Å². The van der Waals surface area contributed by atoms with E-state index in [9.17, 15) is 0 Å². The largest absolute Gasteiger partial charge is 0.456 e. The molecular weight excluding hydrogens is 793 g/mol. The normalized spacial score (nSPS) is 12.1. The average molecular weight is 833 g/mol. The van der Waals surface area contributed by atoms with Gasteiger partial charge in [-0.2, -0.15) is 0 Å². The molecule has 0 amide bonds. The van der Waals surface area contributed by atoms with E-state index in [-0.39, 0.29) is 0 Å². The Balaban J connectivity index is 1.02. The maximum Gasteiger partial charge on any atom is 0.179 e. The van der Waals surface area contributed by atoms with Crippen molar-refractivity contribution in [1.29, 1.82) is 0 Å². The molecule has 0 saturated heterocycles. The van der Waals surface area contributed by atoms with Crippen LogP contribution in [0.15, 0.2) is 247 Å². The number of fused-ring (bicyclic) bond motifs is 9. The van der Waals surface area contributed by atoms with Gasteiger partial charge in [0.05, 0.1) is 22.1 Å². The van der Waals surface area contributed by atoms with Crippen LogP contribution in [-0.4, -0.2) is 17.2 Å². The number of aromatic nitrogens is 2. The molecule has 13 rings (SSSR count). The summed E-state index contributed by atoms with van der Waals surface area (Å²) in [6, 6.07) is 89.1. The highest BCUT2D eigenvalue weighted by Gasteiger charge is 2.41. The second kappa shape index (κ2) is 14.5. The Kier molecular flexibility index (Phi) is 8.23. The third kappa shape index (κ3) is 5.33. The molecule has 13 aromatic rings. The predicted molar refractivity (Wildman–Crippen MR) is 271 cm³/mol. The Morgan fingerprint density at radius 3 is 1.44 bits per heavy atom. The molecule has 3 nitrogen and oxygen atoms in total. The van der Waals surface area contributed by atoms with Crippen LogP contribution in [-0.2, 0) is 0 Å². The third-order valence-corrected chi connectivity index (χ3v) is 18.3. The zero-order valence-corrected chi connectivity index (χ0v) is 35.9. The lowest BCUT2D eigenvalue weighted by Crippen LogP contribution is -2.74. The fraction of sp³-hybridized carbons (Fsp3) is 0. The van der Waals surface area contributed by atoms with Crippen molar-refractivity contribution >= 4 is 94.4 Å². The lowest BCUT2D eigenvalue weighted by Gasteiger charge is -2.34. The van der Waals surface area contributed by atoms with Crippen molar-refractivity contribution < 1.29 is 4.42 Å². The molecule has 64 heavy (non-hydrogen) atoms. The van der Waals surface area contributed by atoms with Gasteiger partial charge in [0.15, 0.2) is 8.07 Å². The number of rotatable bonds is 7. The summed E-state index contributed by atoms with van der Waals surface area (Å²) in [5.41, 5.74) is 11.1. The van der Waals surface area contributed by atoms with Gasteiger partial charge in [-0.15, -0.1) is 0 Å². The number of nitrogens with zero attached hydrogens (tertiary/aromatic N) is 2. The number of para-hydroxylation sites is 4. The first-order valence-corrected chi connectivity index (χ1v) is 24.0. The third-order valence-electron chi connectivity index (χ3n) is 13.5. The minimum atomic E-state index is -2.67. The van der Waals surface area contributed by atoms with Crippen molar-refractivity contribution in [3.8, 4) is 22.5 Å². The van der Waals surface area contributed by atoms with E-state index in [4.69, 9.17) is 4.42 Å². The molecule has 0 radical (unpaired) electrons. The molecule has 0 spiro atoms. The van der Waals surface area contributed by atoms with Crippen LogP contribution in [0.1, 0.15) is 0 Å². The monoisotopic (exact) mass is 832 g/mol. The number of hydrogen-bond donors (Lipinski definition) is 0. The van der Waals surface area contributed by atoms with Crippen LogP contribution in [0.5, 0.6) is 0 Å². The van der Waals surface area contributed by atoms with Gasteiger partial charge >= 0.3 is 0 Å². The molecule has 4 heteroatoms. The van der Waals surface area contributed by atoms with Gasteiger partial charge in [-0.05, 0) is 80.9 Å². The molecular formula is C60H40N2OSi. The maximum atomic E-state index is 6.40.